The van der Waals surface area contributed by atoms with Crippen LogP contribution in [0.2, 0.25) is 0 Å². The van der Waals surface area contributed by atoms with Crippen LogP contribution in [0.5, 0.6) is 0 Å². The standard InChI is InChI=1S/C9H7N3O2.C6H5I.C3H3N3O2/c13-12(14)9-6-10-11(7-9)8-4-2-1-3-5-8;7-6-4-2-1-3-5-6;7-6(8)3-1-4-5-2-3/h1-7H;1-5H;1-2H,(H,4,5). The first-order valence-corrected chi connectivity index (χ1v) is 9.13. The highest BCUT2D eigenvalue weighted by Gasteiger charge is 2.08. The molecule has 0 aliphatic heterocycles. The average molecular weight is 506 g/mol. The second-order valence-electron chi connectivity index (χ2n) is 5.24. The van der Waals surface area contributed by atoms with Crippen LogP contribution < -0.4 is 0 Å². The Bertz CT molecular complexity index is 1020. The molecule has 1 N–H and O–H groups in total. The lowest BCUT2D eigenvalue weighted by Gasteiger charge is -1.97. The molecular formula is C18H15IN6O4. The first-order valence-electron chi connectivity index (χ1n) is 8.05. The molecule has 29 heavy (non-hydrogen) atoms. The zero-order valence-corrected chi connectivity index (χ0v) is 17.0. The second kappa shape index (κ2) is 11.3. The van der Waals surface area contributed by atoms with Crippen LogP contribution in [-0.4, -0.2) is 29.8 Å². The van der Waals surface area contributed by atoms with Gasteiger partial charge in [-0.05, 0) is 46.9 Å². The van der Waals surface area contributed by atoms with Gasteiger partial charge >= 0.3 is 11.4 Å². The van der Waals surface area contributed by atoms with E-state index in [9.17, 15) is 20.2 Å². The van der Waals surface area contributed by atoms with Crippen molar-refractivity contribution < 1.29 is 9.85 Å². The Labute approximate surface area is 178 Å². The van der Waals surface area contributed by atoms with E-state index in [1.54, 1.807) is 0 Å². The Kier molecular flexibility index (Phi) is 8.44. The van der Waals surface area contributed by atoms with Gasteiger partial charge in [0.1, 0.15) is 18.6 Å². The van der Waals surface area contributed by atoms with Crippen molar-refractivity contribution in [3.8, 4) is 5.69 Å². The third-order valence-electron chi connectivity index (χ3n) is 3.23. The largest absolute Gasteiger partial charge is 0.307 e. The summed E-state index contributed by atoms with van der Waals surface area (Å²) in [5, 5.41) is 29.8. The van der Waals surface area contributed by atoms with E-state index < -0.39 is 9.85 Å². The van der Waals surface area contributed by atoms with E-state index >= 15 is 0 Å². The number of nitrogens with zero attached hydrogens (tertiary/aromatic N) is 5. The first-order chi connectivity index (χ1) is 14.0. The second-order valence-corrected chi connectivity index (χ2v) is 6.49. The van der Waals surface area contributed by atoms with Crippen molar-refractivity contribution in [3.05, 3.63) is 109 Å². The maximum Gasteiger partial charge on any atom is 0.307 e. The summed E-state index contributed by atoms with van der Waals surface area (Å²) in [4.78, 5) is 19.2. The van der Waals surface area contributed by atoms with E-state index in [4.69, 9.17) is 0 Å². The Hall–Kier alpha value is -3.61. The van der Waals surface area contributed by atoms with Gasteiger partial charge in [0.25, 0.3) is 0 Å². The zero-order chi connectivity index (χ0) is 21.1. The molecule has 2 aromatic heterocycles. The van der Waals surface area contributed by atoms with E-state index in [0.717, 1.165) is 11.9 Å². The van der Waals surface area contributed by atoms with Gasteiger partial charge in [-0.15, -0.1) is 0 Å². The molecule has 0 bridgehead atoms. The smallest absolute Gasteiger partial charge is 0.279 e. The number of aromatic amines is 1. The normalized spacial score (nSPS) is 9.41. The molecule has 0 aliphatic rings. The molecule has 0 spiro atoms. The minimum atomic E-state index is -0.510. The number of benzene rings is 2. The first kappa shape index (κ1) is 21.7. The number of hydrogen-bond donors (Lipinski definition) is 1. The number of hydrogen-bond acceptors (Lipinski definition) is 6. The molecule has 148 valence electrons. The van der Waals surface area contributed by atoms with Crippen molar-refractivity contribution >= 4 is 34.0 Å². The van der Waals surface area contributed by atoms with Gasteiger partial charge in [-0.3, -0.25) is 25.3 Å². The van der Waals surface area contributed by atoms with Gasteiger partial charge in [-0.2, -0.15) is 10.2 Å². The van der Waals surface area contributed by atoms with Crippen LogP contribution in [-0.2, 0) is 0 Å². The third-order valence-corrected chi connectivity index (χ3v) is 3.95. The van der Waals surface area contributed by atoms with Crippen LogP contribution in [0.1, 0.15) is 0 Å². The fourth-order valence-electron chi connectivity index (χ4n) is 1.89. The molecule has 4 rings (SSSR count). The summed E-state index contributed by atoms with van der Waals surface area (Å²) in [6.07, 6.45) is 4.99. The molecule has 0 unspecified atom stereocenters. The molecule has 0 atom stereocenters. The Balaban J connectivity index is 0.000000170. The van der Waals surface area contributed by atoms with Crippen molar-refractivity contribution in [1.29, 1.82) is 0 Å². The van der Waals surface area contributed by atoms with Gasteiger partial charge in [0, 0.05) is 3.57 Å². The molecule has 0 saturated heterocycles. The van der Waals surface area contributed by atoms with Crippen molar-refractivity contribution in [3.63, 3.8) is 0 Å². The van der Waals surface area contributed by atoms with E-state index in [1.807, 2.05) is 48.5 Å². The fourth-order valence-corrected chi connectivity index (χ4v) is 2.30. The molecule has 0 radical (unpaired) electrons. The Morgan fingerprint density at radius 3 is 1.83 bits per heavy atom. The van der Waals surface area contributed by atoms with Crippen LogP contribution in [0, 0.1) is 23.8 Å². The van der Waals surface area contributed by atoms with E-state index in [2.05, 4.69) is 50.0 Å². The summed E-state index contributed by atoms with van der Waals surface area (Å²) in [6, 6.07) is 19.5. The molecular weight excluding hydrogens is 491 g/mol. The summed E-state index contributed by atoms with van der Waals surface area (Å²) < 4.78 is 2.76. The van der Waals surface area contributed by atoms with E-state index in [0.29, 0.717) is 0 Å². The fraction of sp³-hybridized carbons (Fsp3) is 0. The van der Waals surface area contributed by atoms with Gasteiger partial charge in [0.2, 0.25) is 0 Å². The maximum absolute atomic E-state index is 10.4. The number of nitrogens with one attached hydrogen (secondary N) is 1. The summed E-state index contributed by atoms with van der Waals surface area (Å²) in [6.45, 7) is 0. The molecule has 0 saturated carbocycles. The maximum atomic E-state index is 10.4. The predicted octanol–water partition coefficient (Wildman–Crippen LogP) is 4.39. The lowest BCUT2D eigenvalue weighted by Crippen LogP contribution is -1.92. The molecule has 0 amide bonds. The van der Waals surface area contributed by atoms with Gasteiger partial charge in [0.15, 0.2) is 0 Å². The monoisotopic (exact) mass is 506 g/mol. The lowest BCUT2D eigenvalue weighted by atomic mass is 10.3. The molecule has 2 heterocycles. The highest BCUT2D eigenvalue weighted by molar-refractivity contribution is 14.1. The molecule has 10 nitrogen and oxygen atoms in total. The minimum absolute atomic E-state index is 0.00569. The van der Waals surface area contributed by atoms with Crippen LogP contribution in [0.4, 0.5) is 11.4 Å². The number of nitro groups is 2. The summed E-state index contributed by atoms with van der Waals surface area (Å²) >= 11 is 2.28. The van der Waals surface area contributed by atoms with Gasteiger partial charge in [0.05, 0.1) is 21.7 Å². The average Bonchev–Trinajstić information content (AvgIpc) is 3.43. The third kappa shape index (κ3) is 7.50. The lowest BCUT2D eigenvalue weighted by molar-refractivity contribution is -0.385. The van der Waals surface area contributed by atoms with Gasteiger partial charge in [-0.1, -0.05) is 36.4 Å². The molecule has 2 aromatic carbocycles. The molecule has 0 aliphatic carbocycles. The van der Waals surface area contributed by atoms with Crippen LogP contribution >= 0.6 is 22.6 Å². The summed E-state index contributed by atoms with van der Waals surface area (Å²) in [5.74, 6) is 0. The van der Waals surface area contributed by atoms with Crippen molar-refractivity contribution in [2.45, 2.75) is 0 Å². The number of para-hydroxylation sites is 1. The number of rotatable bonds is 3. The SMILES string of the molecule is Ic1ccccc1.O=[N+]([O-])c1cn[nH]c1.O=[N+]([O-])c1cnn(-c2ccccc2)c1. The number of H-pyrrole nitrogens is 1. The quantitative estimate of drug-likeness (QED) is 0.249. The van der Waals surface area contributed by atoms with Crippen molar-refractivity contribution in [1.82, 2.24) is 20.0 Å². The highest BCUT2D eigenvalue weighted by Crippen LogP contribution is 2.12. The van der Waals surface area contributed by atoms with Crippen molar-refractivity contribution in [2.24, 2.45) is 0 Å². The summed E-state index contributed by atoms with van der Waals surface area (Å²) in [5.41, 5.74) is 0.791. The Morgan fingerprint density at radius 1 is 0.862 bits per heavy atom. The zero-order valence-electron chi connectivity index (χ0n) is 14.8. The minimum Gasteiger partial charge on any atom is -0.279 e. The van der Waals surface area contributed by atoms with Crippen LogP contribution in [0.25, 0.3) is 5.69 Å². The van der Waals surface area contributed by atoms with E-state index in [1.165, 1.54) is 26.8 Å². The molecule has 0 fully saturated rings. The van der Waals surface area contributed by atoms with Gasteiger partial charge in [-0.25, -0.2) is 4.68 Å². The summed E-state index contributed by atoms with van der Waals surface area (Å²) in [7, 11) is 0. The highest BCUT2D eigenvalue weighted by atomic mass is 127. The molecule has 4 aromatic rings. The topological polar surface area (TPSA) is 133 Å². The number of aromatic nitrogens is 4. The van der Waals surface area contributed by atoms with Crippen LogP contribution in [0.3, 0.4) is 0 Å². The van der Waals surface area contributed by atoms with E-state index in [-0.39, 0.29) is 11.4 Å². The van der Waals surface area contributed by atoms with Gasteiger partial charge < -0.3 is 0 Å². The molecule has 11 heteroatoms. The van der Waals surface area contributed by atoms with Crippen molar-refractivity contribution in [2.75, 3.05) is 0 Å². The van der Waals surface area contributed by atoms with Crippen LogP contribution in [0.15, 0.2) is 85.5 Å². The number of halogens is 1. The predicted molar refractivity (Wildman–Crippen MR) is 115 cm³/mol. The Morgan fingerprint density at radius 2 is 1.45 bits per heavy atom.